The second-order valence-electron chi connectivity index (χ2n) is 8.99. The molecule has 4 rings (SSSR count). The summed E-state index contributed by atoms with van der Waals surface area (Å²) >= 11 is 6.13. The average Bonchev–Trinajstić information content (AvgIpc) is 3.44. The molecule has 1 aliphatic rings. The SMILES string of the molecule is C#C[C@@]1(O)[C@@H](COC(Cc2ccccc2)(C(=O)O)C(=O)O)O[C@@H](n2cnc3c(N(C)CC)nc(Cl)nc32)[C@@H]1O. The van der Waals surface area contributed by atoms with Gasteiger partial charge in [0, 0.05) is 20.0 Å². The number of halogens is 1. The number of hydrogen-bond acceptors (Lipinski definition) is 10. The molecule has 0 aliphatic carbocycles. The fourth-order valence-corrected chi connectivity index (χ4v) is 4.47. The van der Waals surface area contributed by atoms with Crippen molar-refractivity contribution in [2.45, 2.75) is 43.0 Å². The summed E-state index contributed by atoms with van der Waals surface area (Å²) in [5.74, 6) is -1.04. The molecule has 0 bridgehead atoms. The van der Waals surface area contributed by atoms with E-state index in [1.807, 2.05) is 6.92 Å². The lowest BCUT2D eigenvalue weighted by molar-refractivity contribution is -0.191. The molecular formula is C25H26ClN5O8. The van der Waals surface area contributed by atoms with Crippen LogP contribution in [0.15, 0.2) is 36.7 Å². The number of ether oxygens (including phenoxy) is 2. The number of carboxylic acids is 2. The molecule has 13 nitrogen and oxygen atoms in total. The Bertz CT molecular complexity index is 1410. The number of aliphatic hydroxyl groups excluding tert-OH is 1. The topological polar surface area (TPSA) is 180 Å². The number of aliphatic hydroxyl groups is 2. The lowest BCUT2D eigenvalue weighted by Gasteiger charge is -2.30. The van der Waals surface area contributed by atoms with E-state index in [9.17, 15) is 30.0 Å². The molecule has 39 heavy (non-hydrogen) atoms. The number of nitrogens with zero attached hydrogens (tertiary/aromatic N) is 5. The summed E-state index contributed by atoms with van der Waals surface area (Å²) in [7, 11) is 1.77. The molecule has 0 radical (unpaired) electrons. The summed E-state index contributed by atoms with van der Waals surface area (Å²) in [4.78, 5) is 38.8. The number of benzene rings is 1. The molecule has 3 aromatic rings. The zero-order chi connectivity index (χ0) is 28.5. The van der Waals surface area contributed by atoms with Gasteiger partial charge in [-0.25, -0.2) is 14.6 Å². The number of aliphatic carboxylic acids is 2. The fourth-order valence-electron chi connectivity index (χ4n) is 4.31. The number of terminal acetylenes is 1. The molecule has 0 amide bonds. The quantitative estimate of drug-likeness (QED) is 0.155. The number of rotatable bonds is 10. The number of anilines is 1. The van der Waals surface area contributed by atoms with Crippen LogP contribution in [0.4, 0.5) is 5.82 Å². The normalized spacial score (nSPS) is 23.0. The Balaban J connectivity index is 1.67. The van der Waals surface area contributed by atoms with Gasteiger partial charge in [-0.3, -0.25) is 4.57 Å². The standard InChI is InChI=1S/C25H26ClN5O8/c1-4-24(37)15(12-38-25(21(33)34,22(35)36)11-14-9-7-6-8-10-14)39-20(17(24)32)31-13-27-16-18(30(3)5-2)28-23(26)29-19(16)31/h1,6-10,13,15,17,20,32,37H,5,11-12H2,2-3H3,(H,33,34)(H,35,36)/t15-,17+,20-,24-/m1/s1. The number of carboxylic acid groups (broad SMARTS) is 2. The Morgan fingerprint density at radius 3 is 2.54 bits per heavy atom. The molecule has 1 aromatic carbocycles. The molecular weight excluding hydrogens is 534 g/mol. The number of imidazole rings is 1. The lowest BCUT2D eigenvalue weighted by atomic mass is 9.92. The van der Waals surface area contributed by atoms with E-state index in [2.05, 4.69) is 20.9 Å². The van der Waals surface area contributed by atoms with Crippen LogP contribution in [0.5, 0.6) is 0 Å². The van der Waals surface area contributed by atoms with Crippen LogP contribution in [0.25, 0.3) is 11.2 Å². The van der Waals surface area contributed by atoms with Gasteiger partial charge in [0.05, 0.1) is 12.9 Å². The molecule has 206 valence electrons. The maximum atomic E-state index is 12.2. The van der Waals surface area contributed by atoms with Crippen molar-refractivity contribution in [2.75, 3.05) is 25.1 Å². The minimum Gasteiger partial charge on any atom is -0.479 e. The zero-order valence-electron chi connectivity index (χ0n) is 20.9. The van der Waals surface area contributed by atoms with Gasteiger partial charge in [-0.15, -0.1) is 6.42 Å². The van der Waals surface area contributed by atoms with Gasteiger partial charge in [0.25, 0.3) is 5.60 Å². The molecule has 1 aliphatic heterocycles. The van der Waals surface area contributed by atoms with Crippen LogP contribution in [0.3, 0.4) is 0 Å². The Labute approximate surface area is 227 Å². The third-order valence-corrected chi connectivity index (χ3v) is 6.87. The van der Waals surface area contributed by atoms with E-state index in [0.29, 0.717) is 23.4 Å². The van der Waals surface area contributed by atoms with Gasteiger partial charge < -0.3 is 34.8 Å². The van der Waals surface area contributed by atoms with E-state index >= 15 is 0 Å². The van der Waals surface area contributed by atoms with Gasteiger partial charge in [-0.2, -0.15) is 9.97 Å². The van der Waals surface area contributed by atoms with Crippen LogP contribution >= 0.6 is 11.6 Å². The summed E-state index contributed by atoms with van der Waals surface area (Å²) in [6.07, 6.45) is 1.65. The molecule has 1 fully saturated rings. The average molecular weight is 560 g/mol. The minimum atomic E-state index is -2.73. The highest BCUT2D eigenvalue weighted by Crippen LogP contribution is 2.39. The molecule has 3 heterocycles. The molecule has 2 aromatic heterocycles. The zero-order valence-corrected chi connectivity index (χ0v) is 21.7. The van der Waals surface area contributed by atoms with Gasteiger partial charge in [-0.1, -0.05) is 36.3 Å². The van der Waals surface area contributed by atoms with Crippen LogP contribution < -0.4 is 4.90 Å². The first-order valence-electron chi connectivity index (χ1n) is 11.8. The van der Waals surface area contributed by atoms with Crippen molar-refractivity contribution in [2.24, 2.45) is 0 Å². The van der Waals surface area contributed by atoms with Crippen molar-refractivity contribution in [1.82, 2.24) is 19.5 Å². The Hall–Kier alpha value is -3.80. The van der Waals surface area contributed by atoms with Gasteiger partial charge in [0.15, 0.2) is 28.8 Å². The van der Waals surface area contributed by atoms with Gasteiger partial charge in [0.1, 0.15) is 12.2 Å². The highest BCUT2D eigenvalue weighted by atomic mass is 35.5. The molecule has 0 unspecified atom stereocenters. The first-order valence-corrected chi connectivity index (χ1v) is 12.2. The van der Waals surface area contributed by atoms with Crippen molar-refractivity contribution < 1.29 is 39.5 Å². The number of fused-ring (bicyclic) bond motifs is 1. The Morgan fingerprint density at radius 1 is 1.28 bits per heavy atom. The Kier molecular flexibility index (Phi) is 7.78. The van der Waals surface area contributed by atoms with Crippen LogP contribution in [0.1, 0.15) is 18.7 Å². The van der Waals surface area contributed by atoms with E-state index in [-0.39, 0.29) is 10.9 Å². The van der Waals surface area contributed by atoms with Crippen molar-refractivity contribution in [3.8, 4) is 12.3 Å². The van der Waals surface area contributed by atoms with Gasteiger partial charge in [-0.05, 0) is 24.1 Å². The van der Waals surface area contributed by atoms with Crippen molar-refractivity contribution in [1.29, 1.82) is 0 Å². The lowest BCUT2D eigenvalue weighted by Crippen LogP contribution is -2.55. The number of carbonyl (C=O) groups is 2. The molecule has 4 N–H and O–H groups in total. The Morgan fingerprint density at radius 2 is 1.95 bits per heavy atom. The molecule has 1 saturated heterocycles. The molecule has 4 atom stereocenters. The summed E-state index contributed by atoms with van der Waals surface area (Å²) in [5.41, 5.74) is -4.23. The van der Waals surface area contributed by atoms with Crippen LogP contribution in [-0.2, 0) is 25.5 Å². The van der Waals surface area contributed by atoms with E-state index in [4.69, 9.17) is 27.5 Å². The highest BCUT2D eigenvalue weighted by molar-refractivity contribution is 6.28. The van der Waals surface area contributed by atoms with Crippen molar-refractivity contribution in [3.05, 3.63) is 47.5 Å². The highest BCUT2D eigenvalue weighted by Gasteiger charge is 2.58. The first-order chi connectivity index (χ1) is 18.5. The first kappa shape index (κ1) is 28.2. The fraction of sp³-hybridized carbons (Fsp3) is 0.400. The number of hydrogen-bond donors (Lipinski definition) is 4. The maximum Gasteiger partial charge on any atom is 0.348 e. The molecule has 14 heteroatoms. The summed E-state index contributed by atoms with van der Waals surface area (Å²) in [5, 5.41) is 41.9. The monoisotopic (exact) mass is 559 g/mol. The largest absolute Gasteiger partial charge is 0.479 e. The third-order valence-electron chi connectivity index (χ3n) is 6.70. The minimum absolute atomic E-state index is 0.104. The number of aromatic nitrogens is 4. The maximum absolute atomic E-state index is 12.2. The van der Waals surface area contributed by atoms with E-state index in [1.165, 1.54) is 10.9 Å². The molecule has 0 spiro atoms. The van der Waals surface area contributed by atoms with Gasteiger partial charge >= 0.3 is 11.9 Å². The van der Waals surface area contributed by atoms with E-state index in [0.717, 1.165) is 0 Å². The summed E-state index contributed by atoms with van der Waals surface area (Å²) < 4.78 is 12.6. The summed E-state index contributed by atoms with van der Waals surface area (Å²) in [6.45, 7) is 1.68. The van der Waals surface area contributed by atoms with Crippen molar-refractivity contribution >= 4 is 40.5 Å². The van der Waals surface area contributed by atoms with E-state index in [1.54, 1.807) is 42.3 Å². The van der Waals surface area contributed by atoms with Crippen LogP contribution in [0.2, 0.25) is 5.28 Å². The third kappa shape index (κ3) is 4.88. The second kappa shape index (κ2) is 10.8. The van der Waals surface area contributed by atoms with Crippen LogP contribution in [-0.4, -0.2) is 95.5 Å². The molecule has 0 saturated carbocycles. The van der Waals surface area contributed by atoms with Crippen molar-refractivity contribution in [3.63, 3.8) is 0 Å². The van der Waals surface area contributed by atoms with Crippen LogP contribution in [0, 0.1) is 12.3 Å². The smallest absolute Gasteiger partial charge is 0.348 e. The second-order valence-corrected chi connectivity index (χ2v) is 9.33. The summed E-state index contributed by atoms with van der Waals surface area (Å²) in [6, 6.07) is 8.04. The van der Waals surface area contributed by atoms with E-state index < -0.39 is 54.6 Å². The predicted octanol–water partition coefficient (Wildman–Crippen LogP) is 0.726. The van der Waals surface area contributed by atoms with Gasteiger partial charge in [0.2, 0.25) is 5.28 Å². The predicted molar refractivity (Wildman–Crippen MR) is 137 cm³/mol.